The van der Waals surface area contributed by atoms with Gasteiger partial charge in [0.2, 0.25) is 17.7 Å². The summed E-state index contributed by atoms with van der Waals surface area (Å²) in [7, 11) is 0. The maximum Gasteiger partial charge on any atom is 0.240 e. The maximum absolute atomic E-state index is 12.3. The van der Waals surface area contributed by atoms with Crippen LogP contribution in [0.2, 0.25) is 0 Å². The number of carbonyl (C=O) groups excluding carboxylic acids is 2. The third-order valence-corrected chi connectivity index (χ3v) is 5.28. The van der Waals surface area contributed by atoms with Gasteiger partial charge < -0.3 is 9.73 Å². The molecule has 1 aliphatic rings. The van der Waals surface area contributed by atoms with Crippen LogP contribution in [-0.4, -0.2) is 60.9 Å². The Bertz CT molecular complexity index is 924. The van der Waals surface area contributed by atoms with Crippen molar-refractivity contribution in [3.63, 3.8) is 0 Å². The number of anilines is 1. The fraction of sp³-hybridized carbons (Fsp3) is 0.409. The standard InChI is InChI=1S/C22H27N5O3/c1-16-17(2)30-22(19(16)12-23)25-21(29)15-27-10-8-26(9-11-27)14-20(28)24-13-18-6-4-3-5-7-18/h3-7H,8-11,13-15H2,1-2H3,(H,24,28)(H,25,29). The van der Waals surface area contributed by atoms with Gasteiger partial charge in [0.1, 0.15) is 17.4 Å². The Hall–Kier alpha value is -3.15. The predicted octanol–water partition coefficient (Wildman–Crippen LogP) is 1.64. The van der Waals surface area contributed by atoms with E-state index < -0.39 is 0 Å². The SMILES string of the molecule is Cc1oc(NC(=O)CN2CCN(CC(=O)NCc3ccccc3)CC2)c(C#N)c1C. The Labute approximate surface area is 176 Å². The van der Waals surface area contributed by atoms with E-state index in [9.17, 15) is 14.9 Å². The molecule has 0 spiro atoms. The van der Waals surface area contributed by atoms with Crippen molar-refractivity contribution in [3.8, 4) is 6.07 Å². The summed E-state index contributed by atoms with van der Waals surface area (Å²) < 4.78 is 5.49. The van der Waals surface area contributed by atoms with Crippen molar-refractivity contribution in [2.75, 3.05) is 44.6 Å². The molecule has 8 heteroatoms. The van der Waals surface area contributed by atoms with Crippen molar-refractivity contribution >= 4 is 17.7 Å². The van der Waals surface area contributed by atoms with Crippen LogP contribution >= 0.6 is 0 Å². The second kappa shape index (κ2) is 10.1. The number of carbonyl (C=O) groups is 2. The first kappa shape index (κ1) is 21.6. The van der Waals surface area contributed by atoms with Gasteiger partial charge in [-0.2, -0.15) is 5.26 Å². The number of nitriles is 1. The van der Waals surface area contributed by atoms with Crippen LogP contribution in [0.25, 0.3) is 0 Å². The molecule has 0 atom stereocenters. The quantitative estimate of drug-likeness (QED) is 0.721. The number of rotatable bonds is 7. The highest BCUT2D eigenvalue weighted by molar-refractivity contribution is 5.92. The highest BCUT2D eigenvalue weighted by Gasteiger charge is 2.22. The van der Waals surface area contributed by atoms with Gasteiger partial charge in [0.05, 0.1) is 13.1 Å². The summed E-state index contributed by atoms with van der Waals surface area (Å²) in [4.78, 5) is 28.6. The fourth-order valence-corrected chi connectivity index (χ4v) is 3.38. The van der Waals surface area contributed by atoms with E-state index in [0.29, 0.717) is 50.6 Å². The lowest BCUT2D eigenvalue weighted by atomic mass is 10.2. The Kier molecular flexibility index (Phi) is 7.22. The molecule has 1 saturated heterocycles. The van der Waals surface area contributed by atoms with Gasteiger partial charge in [0.25, 0.3) is 0 Å². The molecule has 0 aliphatic carbocycles. The summed E-state index contributed by atoms with van der Waals surface area (Å²) >= 11 is 0. The lowest BCUT2D eigenvalue weighted by molar-refractivity contribution is -0.123. The normalized spacial score (nSPS) is 14.8. The zero-order valence-corrected chi connectivity index (χ0v) is 17.4. The molecule has 2 aromatic rings. The highest BCUT2D eigenvalue weighted by atomic mass is 16.4. The fourth-order valence-electron chi connectivity index (χ4n) is 3.38. The summed E-state index contributed by atoms with van der Waals surface area (Å²) in [6, 6.07) is 11.9. The van der Waals surface area contributed by atoms with E-state index >= 15 is 0 Å². The first-order chi connectivity index (χ1) is 14.5. The van der Waals surface area contributed by atoms with E-state index in [-0.39, 0.29) is 24.2 Å². The first-order valence-electron chi connectivity index (χ1n) is 10.0. The van der Waals surface area contributed by atoms with Gasteiger partial charge in [0.15, 0.2) is 0 Å². The number of benzene rings is 1. The van der Waals surface area contributed by atoms with Gasteiger partial charge in [-0.3, -0.25) is 24.7 Å². The van der Waals surface area contributed by atoms with Crippen LogP contribution < -0.4 is 10.6 Å². The molecular formula is C22H27N5O3. The number of aryl methyl sites for hydroxylation is 1. The topological polar surface area (TPSA) is 102 Å². The van der Waals surface area contributed by atoms with Crippen LogP contribution in [0.3, 0.4) is 0 Å². The summed E-state index contributed by atoms with van der Waals surface area (Å²) in [6.45, 7) is 7.48. The highest BCUT2D eigenvalue weighted by Crippen LogP contribution is 2.25. The van der Waals surface area contributed by atoms with Gasteiger partial charge in [-0.1, -0.05) is 30.3 Å². The number of nitrogens with zero attached hydrogens (tertiary/aromatic N) is 3. The smallest absolute Gasteiger partial charge is 0.240 e. The van der Waals surface area contributed by atoms with Gasteiger partial charge in [-0.15, -0.1) is 0 Å². The van der Waals surface area contributed by atoms with Crippen LogP contribution in [0.5, 0.6) is 0 Å². The molecule has 8 nitrogen and oxygen atoms in total. The lowest BCUT2D eigenvalue weighted by Gasteiger charge is -2.33. The first-order valence-corrected chi connectivity index (χ1v) is 10.0. The third-order valence-electron chi connectivity index (χ3n) is 5.28. The van der Waals surface area contributed by atoms with Crippen molar-refractivity contribution in [1.82, 2.24) is 15.1 Å². The van der Waals surface area contributed by atoms with Crippen molar-refractivity contribution in [2.24, 2.45) is 0 Å². The monoisotopic (exact) mass is 409 g/mol. The molecule has 158 valence electrons. The Morgan fingerprint density at radius 1 is 1.03 bits per heavy atom. The van der Waals surface area contributed by atoms with Gasteiger partial charge >= 0.3 is 0 Å². The second-order valence-corrected chi connectivity index (χ2v) is 7.46. The number of hydrogen-bond acceptors (Lipinski definition) is 6. The molecule has 2 amide bonds. The van der Waals surface area contributed by atoms with Gasteiger partial charge in [-0.05, 0) is 19.4 Å². The number of furan rings is 1. The molecule has 2 N–H and O–H groups in total. The number of nitrogens with one attached hydrogen (secondary N) is 2. The number of hydrogen-bond donors (Lipinski definition) is 2. The van der Waals surface area contributed by atoms with E-state index in [1.807, 2.05) is 35.2 Å². The van der Waals surface area contributed by atoms with Crippen molar-refractivity contribution in [2.45, 2.75) is 20.4 Å². The summed E-state index contributed by atoms with van der Waals surface area (Å²) in [6.07, 6.45) is 0. The molecule has 0 bridgehead atoms. The Morgan fingerprint density at radius 3 is 2.23 bits per heavy atom. The molecule has 1 aromatic carbocycles. The molecule has 0 saturated carbocycles. The molecule has 30 heavy (non-hydrogen) atoms. The summed E-state index contributed by atoms with van der Waals surface area (Å²) in [5, 5.41) is 14.9. The van der Waals surface area contributed by atoms with Gasteiger partial charge in [-0.25, -0.2) is 0 Å². The molecule has 3 rings (SSSR count). The van der Waals surface area contributed by atoms with E-state index in [1.165, 1.54) is 0 Å². The van der Waals surface area contributed by atoms with Crippen LogP contribution in [0.15, 0.2) is 34.7 Å². The molecule has 0 unspecified atom stereocenters. The van der Waals surface area contributed by atoms with Crippen molar-refractivity contribution in [1.29, 1.82) is 5.26 Å². The average Bonchev–Trinajstić information content (AvgIpc) is 3.01. The summed E-state index contributed by atoms with van der Waals surface area (Å²) in [5.41, 5.74) is 2.18. The van der Waals surface area contributed by atoms with Crippen LogP contribution in [0, 0.1) is 25.2 Å². The van der Waals surface area contributed by atoms with E-state index in [4.69, 9.17) is 4.42 Å². The number of amides is 2. The van der Waals surface area contributed by atoms with E-state index in [1.54, 1.807) is 13.8 Å². The van der Waals surface area contributed by atoms with Crippen LogP contribution in [0.4, 0.5) is 5.88 Å². The van der Waals surface area contributed by atoms with Gasteiger partial charge in [0, 0.05) is 38.3 Å². The number of piperazine rings is 1. The third kappa shape index (κ3) is 5.69. The average molecular weight is 409 g/mol. The molecule has 1 fully saturated rings. The minimum atomic E-state index is -0.214. The lowest BCUT2D eigenvalue weighted by Crippen LogP contribution is -2.50. The zero-order valence-electron chi connectivity index (χ0n) is 17.4. The zero-order chi connectivity index (χ0) is 21.5. The van der Waals surface area contributed by atoms with Crippen LogP contribution in [0.1, 0.15) is 22.5 Å². The van der Waals surface area contributed by atoms with E-state index in [0.717, 1.165) is 11.1 Å². The second-order valence-electron chi connectivity index (χ2n) is 7.46. The van der Waals surface area contributed by atoms with Crippen molar-refractivity contribution in [3.05, 3.63) is 52.8 Å². The molecule has 0 radical (unpaired) electrons. The largest absolute Gasteiger partial charge is 0.444 e. The molecule has 1 aromatic heterocycles. The van der Waals surface area contributed by atoms with Crippen LogP contribution in [-0.2, 0) is 16.1 Å². The predicted molar refractivity (Wildman–Crippen MR) is 113 cm³/mol. The Balaban J connectivity index is 1.39. The maximum atomic E-state index is 12.3. The summed E-state index contributed by atoms with van der Waals surface area (Å²) in [5.74, 6) is 0.624. The molecule has 1 aliphatic heterocycles. The molecular weight excluding hydrogens is 382 g/mol. The van der Waals surface area contributed by atoms with Crippen molar-refractivity contribution < 1.29 is 14.0 Å². The molecule has 2 heterocycles. The minimum Gasteiger partial charge on any atom is -0.444 e. The van der Waals surface area contributed by atoms with E-state index in [2.05, 4.69) is 21.6 Å². The Morgan fingerprint density at radius 2 is 1.63 bits per heavy atom. The minimum absolute atomic E-state index is 0.00219.